The van der Waals surface area contributed by atoms with Crippen molar-refractivity contribution in [3.8, 4) is 0 Å². The Balaban J connectivity index is 1.93. The Kier molecular flexibility index (Phi) is 5.46. The molecule has 0 unspecified atom stereocenters. The van der Waals surface area contributed by atoms with Gasteiger partial charge in [0.05, 0.1) is 16.1 Å². The molecule has 0 heterocycles. The average molecular weight is 477 g/mol. The fraction of sp³-hybridized carbons (Fsp3) is 0.278. The molecule has 1 saturated carbocycles. The summed E-state index contributed by atoms with van der Waals surface area (Å²) in [5.41, 5.74) is -1.21. The van der Waals surface area contributed by atoms with Crippen LogP contribution in [-0.4, -0.2) is 14.3 Å². The molecule has 1 amide bonds. The first-order chi connectivity index (χ1) is 13.0. The molecule has 2 N–H and O–H groups in total. The number of benzene rings is 2. The van der Waals surface area contributed by atoms with Crippen molar-refractivity contribution in [2.45, 2.75) is 30.8 Å². The molecule has 150 valence electrons. The number of halogens is 4. The second-order valence-corrected chi connectivity index (χ2v) is 9.07. The Morgan fingerprint density at radius 2 is 1.82 bits per heavy atom. The van der Waals surface area contributed by atoms with Crippen LogP contribution in [0.15, 0.2) is 45.8 Å². The first kappa shape index (κ1) is 20.7. The molecule has 0 atom stereocenters. The molecular formula is C18H16BrF3N2O3S. The summed E-state index contributed by atoms with van der Waals surface area (Å²) in [6, 6.07) is 7.10. The Labute approximate surface area is 168 Å². The summed E-state index contributed by atoms with van der Waals surface area (Å²) >= 11 is 3.24. The number of rotatable bonds is 5. The van der Waals surface area contributed by atoms with Gasteiger partial charge in [0.25, 0.3) is 10.0 Å². The van der Waals surface area contributed by atoms with E-state index < -0.39 is 27.5 Å². The SMILES string of the molecule is Cc1cc(S(=O)(=O)Nc2ccc(NC(=O)C3CC3)cc2C(F)(F)F)ccc1Br. The molecule has 5 nitrogen and oxygen atoms in total. The van der Waals surface area contributed by atoms with E-state index in [1.165, 1.54) is 24.3 Å². The zero-order valence-electron chi connectivity index (χ0n) is 14.6. The van der Waals surface area contributed by atoms with Gasteiger partial charge in [-0.05, 0) is 61.7 Å². The summed E-state index contributed by atoms with van der Waals surface area (Å²) < 4.78 is 68.2. The van der Waals surface area contributed by atoms with Crippen LogP contribution in [0.25, 0.3) is 0 Å². The molecule has 2 aromatic carbocycles. The van der Waals surface area contributed by atoms with Gasteiger partial charge < -0.3 is 5.32 Å². The molecule has 0 spiro atoms. The molecule has 3 rings (SSSR count). The minimum Gasteiger partial charge on any atom is -0.326 e. The number of anilines is 2. The second kappa shape index (κ2) is 7.40. The van der Waals surface area contributed by atoms with Crippen molar-refractivity contribution in [3.63, 3.8) is 0 Å². The smallest absolute Gasteiger partial charge is 0.326 e. The van der Waals surface area contributed by atoms with E-state index in [1.54, 1.807) is 6.92 Å². The van der Waals surface area contributed by atoms with Crippen molar-refractivity contribution in [3.05, 3.63) is 52.0 Å². The van der Waals surface area contributed by atoms with E-state index in [9.17, 15) is 26.4 Å². The minimum absolute atomic E-state index is 0.0355. The number of hydrogen-bond acceptors (Lipinski definition) is 3. The predicted molar refractivity (Wildman–Crippen MR) is 102 cm³/mol. The van der Waals surface area contributed by atoms with E-state index in [2.05, 4.69) is 21.2 Å². The molecular weight excluding hydrogens is 461 g/mol. The van der Waals surface area contributed by atoms with Crippen molar-refractivity contribution < 1.29 is 26.4 Å². The highest BCUT2D eigenvalue weighted by atomic mass is 79.9. The van der Waals surface area contributed by atoms with E-state index >= 15 is 0 Å². The Morgan fingerprint density at radius 3 is 2.39 bits per heavy atom. The van der Waals surface area contributed by atoms with Crippen molar-refractivity contribution >= 4 is 43.2 Å². The third-order valence-electron chi connectivity index (χ3n) is 4.22. The van der Waals surface area contributed by atoms with Crippen LogP contribution in [0.1, 0.15) is 24.0 Å². The number of amides is 1. The van der Waals surface area contributed by atoms with Gasteiger partial charge in [-0.3, -0.25) is 9.52 Å². The molecule has 1 aliphatic rings. The van der Waals surface area contributed by atoms with Crippen LogP contribution in [-0.2, 0) is 21.0 Å². The maximum atomic E-state index is 13.5. The molecule has 1 fully saturated rings. The van der Waals surface area contributed by atoms with Crippen molar-refractivity contribution in [2.75, 3.05) is 10.0 Å². The molecule has 2 aromatic rings. The largest absolute Gasteiger partial charge is 0.418 e. The maximum absolute atomic E-state index is 13.5. The zero-order chi connectivity index (χ0) is 20.7. The first-order valence-electron chi connectivity index (χ1n) is 8.28. The van der Waals surface area contributed by atoms with E-state index in [1.807, 2.05) is 4.72 Å². The maximum Gasteiger partial charge on any atom is 0.418 e. The van der Waals surface area contributed by atoms with Crippen LogP contribution in [0.5, 0.6) is 0 Å². The third kappa shape index (κ3) is 4.67. The lowest BCUT2D eigenvalue weighted by Gasteiger charge is -2.17. The molecule has 28 heavy (non-hydrogen) atoms. The highest BCUT2D eigenvalue weighted by Gasteiger charge is 2.36. The van der Waals surface area contributed by atoms with Crippen LogP contribution in [0, 0.1) is 12.8 Å². The van der Waals surface area contributed by atoms with E-state index in [0.717, 1.165) is 12.1 Å². The van der Waals surface area contributed by atoms with Gasteiger partial charge in [0.1, 0.15) is 0 Å². The molecule has 0 aliphatic heterocycles. The lowest BCUT2D eigenvalue weighted by Crippen LogP contribution is -2.19. The second-order valence-electron chi connectivity index (χ2n) is 6.54. The predicted octanol–water partition coefficient (Wildman–Crippen LogP) is 4.93. The van der Waals surface area contributed by atoms with Crippen LogP contribution in [0.2, 0.25) is 0 Å². The topological polar surface area (TPSA) is 75.3 Å². The lowest BCUT2D eigenvalue weighted by molar-refractivity contribution is -0.136. The number of carbonyl (C=O) groups excluding carboxylic acids is 1. The summed E-state index contributed by atoms with van der Waals surface area (Å²) in [6.07, 6.45) is -3.39. The fourth-order valence-electron chi connectivity index (χ4n) is 2.52. The summed E-state index contributed by atoms with van der Waals surface area (Å²) in [5.74, 6) is -0.514. The summed E-state index contributed by atoms with van der Waals surface area (Å²) in [7, 11) is -4.23. The minimum atomic E-state index is -4.81. The Morgan fingerprint density at radius 1 is 1.14 bits per heavy atom. The van der Waals surface area contributed by atoms with Crippen LogP contribution in [0.3, 0.4) is 0 Å². The summed E-state index contributed by atoms with van der Waals surface area (Å²) in [5, 5.41) is 2.43. The molecule has 0 saturated heterocycles. The Hall–Kier alpha value is -2.07. The van der Waals surface area contributed by atoms with Crippen LogP contribution < -0.4 is 10.0 Å². The van der Waals surface area contributed by atoms with Gasteiger partial charge in [0.15, 0.2) is 0 Å². The quantitative estimate of drug-likeness (QED) is 0.642. The van der Waals surface area contributed by atoms with Gasteiger partial charge >= 0.3 is 6.18 Å². The number of hydrogen-bond donors (Lipinski definition) is 2. The molecule has 1 aliphatic carbocycles. The lowest BCUT2D eigenvalue weighted by atomic mass is 10.1. The normalized spacial score (nSPS) is 14.6. The van der Waals surface area contributed by atoms with E-state index in [4.69, 9.17) is 0 Å². The molecule has 10 heteroatoms. The Bertz CT molecular complexity index is 1030. The average Bonchev–Trinajstić information content (AvgIpc) is 3.42. The summed E-state index contributed by atoms with van der Waals surface area (Å²) in [4.78, 5) is 11.6. The standard InChI is InChI=1S/C18H16BrF3N2O3S/c1-10-8-13(5-6-15(10)19)28(26,27)24-16-7-4-12(9-14(16)18(20,21)22)23-17(25)11-2-3-11/h4-9,11,24H,2-3H2,1H3,(H,23,25). The molecule has 0 bridgehead atoms. The monoisotopic (exact) mass is 476 g/mol. The van der Waals surface area contributed by atoms with Crippen molar-refractivity contribution in [2.24, 2.45) is 5.92 Å². The van der Waals surface area contributed by atoms with Gasteiger partial charge in [-0.1, -0.05) is 15.9 Å². The molecule has 0 aromatic heterocycles. The van der Waals surface area contributed by atoms with Gasteiger partial charge in [0.2, 0.25) is 5.91 Å². The number of aryl methyl sites for hydroxylation is 1. The van der Waals surface area contributed by atoms with Crippen LogP contribution in [0.4, 0.5) is 24.5 Å². The van der Waals surface area contributed by atoms with Gasteiger partial charge in [0, 0.05) is 16.1 Å². The van der Waals surface area contributed by atoms with Gasteiger partial charge in [-0.2, -0.15) is 13.2 Å². The van der Waals surface area contributed by atoms with Gasteiger partial charge in [-0.15, -0.1) is 0 Å². The summed E-state index contributed by atoms with van der Waals surface area (Å²) in [6.45, 7) is 1.67. The van der Waals surface area contributed by atoms with Crippen LogP contribution >= 0.6 is 15.9 Å². The highest BCUT2D eigenvalue weighted by Crippen LogP contribution is 2.38. The first-order valence-corrected chi connectivity index (χ1v) is 10.6. The number of alkyl halides is 3. The number of nitrogens with one attached hydrogen (secondary N) is 2. The van der Waals surface area contributed by atoms with Crippen molar-refractivity contribution in [1.29, 1.82) is 0 Å². The fourth-order valence-corrected chi connectivity index (χ4v) is 3.93. The van der Waals surface area contributed by atoms with Gasteiger partial charge in [-0.25, -0.2) is 8.42 Å². The highest BCUT2D eigenvalue weighted by molar-refractivity contribution is 9.10. The number of sulfonamides is 1. The van der Waals surface area contributed by atoms with E-state index in [0.29, 0.717) is 22.9 Å². The zero-order valence-corrected chi connectivity index (χ0v) is 17.0. The van der Waals surface area contributed by atoms with Crippen molar-refractivity contribution in [1.82, 2.24) is 0 Å². The third-order valence-corrected chi connectivity index (χ3v) is 6.48. The number of carbonyl (C=O) groups is 1. The van der Waals surface area contributed by atoms with E-state index in [-0.39, 0.29) is 22.4 Å². The molecule has 0 radical (unpaired) electrons.